The second kappa shape index (κ2) is 6.86. The third-order valence-electron chi connectivity index (χ3n) is 1.86. The minimum Gasteiger partial charge on any atom is -0.418 e. The maximum Gasteiger partial charge on any atom is 0.673 e. The highest BCUT2D eigenvalue weighted by Crippen LogP contribution is 2.38. The molecule has 0 heterocycles. The maximum atomic E-state index is 12.7. The molecule has 0 bridgehead atoms. The second-order valence-corrected chi connectivity index (χ2v) is 4.23. The van der Waals surface area contributed by atoms with Crippen LogP contribution in [-0.2, 0) is 22.1 Å². The normalized spacial score (nSPS) is 11.4. The molecule has 11 heteroatoms. The first-order valence-electron chi connectivity index (χ1n) is 4.92. The van der Waals surface area contributed by atoms with E-state index in [9.17, 15) is 34.6 Å². The van der Waals surface area contributed by atoms with Crippen molar-refractivity contribution in [1.29, 1.82) is 0 Å². The highest BCUT2D eigenvalue weighted by molar-refractivity contribution is 7.65. The molecule has 0 N–H and O–H groups in total. The van der Waals surface area contributed by atoms with Crippen molar-refractivity contribution in [2.24, 2.45) is 0 Å². The van der Waals surface area contributed by atoms with E-state index in [0.717, 1.165) is 0 Å². The molecule has 0 saturated carbocycles. The van der Waals surface area contributed by atoms with Crippen LogP contribution in [0.4, 0.5) is 36.1 Å². The van der Waals surface area contributed by atoms with Crippen LogP contribution >= 0.6 is 0 Å². The Morgan fingerprint density at radius 3 is 1.85 bits per heavy atom. The quantitative estimate of drug-likeness (QED) is 0.468. The molecule has 0 aromatic heterocycles. The standard InChI is InChI=1S/C9H9F3NOS.BF4/c1-13(2)6-4-3-5-7(15-14)8(6)9(10,11)12;2-1(3,4)5/h3-5H,1-2H3;/q+1;-1. The highest BCUT2D eigenvalue weighted by Gasteiger charge is 2.41. The third kappa shape index (κ3) is 6.69. The Bertz CT molecular complexity index is 455. The van der Waals surface area contributed by atoms with E-state index in [4.69, 9.17) is 0 Å². The minimum atomic E-state index is -6.00. The van der Waals surface area contributed by atoms with E-state index in [1.807, 2.05) is 0 Å². The first kappa shape index (κ1) is 18.6. The molecule has 0 spiro atoms. The molecule has 0 aliphatic rings. The molecule has 2 nitrogen and oxygen atoms in total. The summed E-state index contributed by atoms with van der Waals surface area (Å²) in [6.07, 6.45) is -4.51. The second-order valence-electron chi connectivity index (χ2n) is 3.62. The van der Waals surface area contributed by atoms with E-state index in [1.54, 1.807) is 0 Å². The average Bonchev–Trinajstić information content (AvgIpc) is 2.24. The molecule has 0 aliphatic carbocycles. The van der Waals surface area contributed by atoms with Gasteiger partial charge in [0.1, 0.15) is 5.56 Å². The zero-order chi connectivity index (χ0) is 16.1. The Morgan fingerprint density at radius 2 is 1.55 bits per heavy atom. The molecule has 0 unspecified atom stereocenters. The molecular weight excluding hydrogens is 314 g/mol. The number of halogens is 7. The van der Waals surface area contributed by atoms with E-state index in [2.05, 4.69) is 0 Å². The molecule has 0 aliphatic heterocycles. The van der Waals surface area contributed by atoms with Gasteiger partial charge in [-0.3, -0.25) is 0 Å². The van der Waals surface area contributed by atoms with Crippen molar-refractivity contribution >= 4 is 24.6 Å². The van der Waals surface area contributed by atoms with Crippen LogP contribution in [0.1, 0.15) is 5.56 Å². The molecule has 1 aromatic carbocycles. The lowest BCUT2D eigenvalue weighted by atomic mass is 10.1. The molecular formula is C9H9BF7NOS. The van der Waals surface area contributed by atoms with Crippen LogP contribution in [0.2, 0.25) is 0 Å². The summed E-state index contributed by atoms with van der Waals surface area (Å²) in [7, 11) is -2.99. The van der Waals surface area contributed by atoms with Crippen molar-refractivity contribution in [2.75, 3.05) is 19.0 Å². The lowest BCUT2D eigenvalue weighted by Gasteiger charge is -2.17. The van der Waals surface area contributed by atoms with Crippen molar-refractivity contribution < 1.29 is 34.6 Å². The van der Waals surface area contributed by atoms with Gasteiger partial charge in [0.25, 0.3) is 0 Å². The zero-order valence-corrected chi connectivity index (χ0v) is 11.0. The summed E-state index contributed by atoms with van der Waals surface area (Å²) >= 11 is -0.143. The van der Waals surface area contributed by atoms with Crippen molar-refractivity contribution in [3.63, 3.8) is 0 Å². The molecule has 0 radical (unpaired) electrons. The van der Waals surface area contributed by atoms with Gasteiger partial charge in [-0.1, -0.05) is 6.07 Å². The number of alkyl halides is 3. The van der Waals surface area contributed by atoms with Gasteiger partial charge in [0.15, 0.2) is 0 Å². The summed E-state index contributed by atoms with van der Waals surface area (Å²) in [5.74, 6) is 0. The van der Waals surface area contributed by atoms with Gasteiger partial charge in [-0.05, 0) is 6.07 Å². The van der Waals surface area contributed by atoms with E-state index < -0.39 is 19.0 Å². The van der Waals surface area contributed by atoms with E-state index in [0.29, 0.717) is 0 Å². The minimum absolute atomic E-state index is 0.00310. The monoisotopic (exact) mass is 323 g/mol. The smallest absolute Gasteiger partial charge is 0.418 e. The Balaban J connectivity index is 0.000000621. The van der Waals surface area contributed by atoms with Crippen molar-refractivity contribution in [2.45, 2.75) is 11.1 Å². The van der Waals surface area contributed by atoms with Gasteiger partial charge in [0.2, 0.25) is 0 Å². The molecule has 0 amide bonds. The molecule has 1 aromatic rings. The van der Waals surface area contributed by atoms with Gasteiger partial charge in [0.05, 0.1) is 5.69 Å². The highest BCUT2D eigenvalue weighted by atomic mass is 32.1. The SMILES string of the molecule is CN(C)c1cccc([S+]=O)c1C(F)(F)F.F[B-](F)(F)F. The fraction of sp³-hybridized carbons (Fsp3) is 0.333. The molecule has 0 atom stereocenters. The van der Waals surface area contributed by atoms with Crippen LogP contribution in [0, 0.1) is 0 Å². The Hall–Kier alpha value is -1.39. The number of benzene rings is 1. The summed E-state index contributed by atoms with van der Waals surface area (Å²) in [6.45, 7) is 0. The number of anilines is 1. The molecule has 1 rings (SSSR count). The lowest BCUT2D eigenvalue weighted by molar-refractivity contribution is -0.139. The van der Waals surface area contributed by atoms with Crippen LogP contribution in [0.3, 0.4) is 0 Å². The molecule has 0 saturated heterocycles. The van der Waals surface area contributed by atoms with Gasteiger partial charge in [-0.15, -0.1) is 0 Å². The van der Waals surface area contributed by atoms with Crippen LogP contribution in [0.15, 0.2) is 23.1 Å². The summed E-state index contributed by atoms with van der Waals surface area (Å²) in [5, 5.41) is 0. The zero-order valence-electron chi connectivity index (χ0n) is 10.2. The van der Waals surface area contributed by atoms with Gasteiger partial charge < -0.3 is 22.2 Å². The molecule has 20 heavy (non-hydrogen) atoms. The number of rotatable bonds is 2. The Labute approximate surface area is 114 Å². The fourth-order valence-electron chi connectivity index (χ4n) is 1.25. The molecule has 114 valence electrons. The largest absolute Gasteiger partial charge is 0.673 e. The van der Waals surface area contributed by atoms with E-state index in [1.165, 1.54) is 37.2 Å². The Kier molecular flexibility index (Phi) is 6.39. The topological polar surface area (TPSA) is 20.3 Å². The van der Waals surface area contributed by atoms with Crippen LogP contribution in [-0.4, -0.2) is 21.3 Å². The Morgan fingerprint density at radius 1 is 1.10 bits per heavy atom. The van der Waals surface area contributed by atoms with Gasteiger partial charge >= 0.3 is 30.0 Å². The lowest BCUT2D eigenvalue weighted by Crippen LogP contribution is -2.17. The first-order chi connectivity index (χ1) is 8.88. The summed E-state index contributed by atoms with van der Waals surface area (Å²) in [5.41, 5.74) is -0.863. The van der Waals surface area contributed by atoms with Crippen molar-refractivity contribution in [3.8, 4) is 0 Å². The average molecular weight is 323 g/mol. The van der Waals surface area contributed by atoms with Crippen LogP contribution in [0.25, 0.3) is 0 Å². The number of hydrogen-bond donors (Lipinski definition) is 0. The predicted molar refractivity (Wildman–Crippen MR) is 62.3 cm³/mol. The summed E-state index contributed by atoms with van der Waals surface area (Å²) < 4.78 is 87.6. The van der Waals surface area contributed by atoms with E-state index in [-0.39, 0.29) is 22.2 Å². The number of nitrogens with zero attached hydrogens (tertiary/aromatic N) is 1. The number of hydrogen-bond acceptors (Lipinski definition) is 2. The fourth-order valence-corrected chi connectivity index (χ4v) is 1.68. The first-order valence-corrected chi connectivity index (χ1v) is 5.66. The third-order valence-corrected chi connectivity index (χ3v) is 2.38. The van der Waals surface area contributed by atoms with Crippen molar-refractivity contribution in [1.82, 2.24) is 0 Å². The molecule has 0 fully saturated rings. The van der Waals surface area contributed by atoms with Crippen LogP contribution in [0.5, 0.6) is 0 Å². The van der Waals surface area contributed by atoms with Gasteiger partial charge in [-0.25, -0.2) is 0 Å². The summed E-state index contributed by atoms with van der Waals surface area (Å²) in [6, 6.07) is 3.95. The van der Waals surface area contributed by atoms with Gasteiger partial charge in [-0.2, -0.15) is 13.2 Å². The van der Waals surface area contributed by atoms with Gasteiger partial charge in [0, 0.05) is 24.4 Å². The summed E-state index contributed by atoms with van der Waals surface area (Å²) in [4.78, 5) is 1.04. The van der Waals surface area contributed by atoms with E-state index >= 15 is 0 Å². The predicted octanol–water partition coefficient (Wildman–Crippen LogP) is 3.86. The maximum absolute atomic E-state index is 12.7. The van der Waals surface area contributed by atoms with Crippen molar-refractivity contribution in [3.05, 3.63) is 23.8 Å². The van der Waals surface area contributed by atoms with Crippen LogP contribution < -0.4 is 4.90 Å².